The Morgan fingerprint density at radius 2 is 2.28 bits per heavy atom. The Morgan fingerprint density at radius 1 is 1.50 bits per heavy atom. The largest absolute Gasteiger partial charge is 0.461 e. The number of carbonyl (C=O) groups excluding carboxylic acids is 1. The molecule has 0 aromatic carbocycles. The number of piperidine rings is 1. The highest BCUT2D eigenvalue weighted by molar-refractivity contribution is 5.66. The maximum absolute atomic E-state index is 11.1. The molecular weight excluding hydrogens is 234 g/mol. The second kappa shape index (κ2) is 8.24. The Labute approximate surface area is 109 Å². The average molecular weight is 257 g/mol. The molecule has 1 heterocycles. The van der Waals surface area contributed by atoms with Gasteiger partial charge >= 0.3 is 5.97 Å². The molecular formula is C13H23NO4. The topological polar surface area (TPSA) is 48.0 Å². The summed E-state index contributed by atoms with van der Waals surface area (Å²) >= 11 is 0. The van der Waals surface area contributed by atoms with E-state index in [9.17, 15) is 4.79 Å². The first-order chi connectivity index (χ1) is 8.63. The lowest BCUT2D eigenvalue weighted by molar-refractivity contribution is -0.150. The number of rotatable bonds is 6. The molecule has 0 aliphatic carbocycles. The van der Waals surface area contributed by atoms with Crippen molar-refractivity contribution >= 4 is 5.97 Å². The summed E-state index contributed by atoms with van der Waals surface area (Å²) in [6, 6.07) is 0. The highest BCUT2D eigenvalue weighted by Gasteiger charge is 2.28. The number of esters is 1. The third-order valence-electron chi connectivity index (χ3n) is 2.93. The molecule has 2 unspecified atom stereocenters. The van der Waals surface area contributed by atoms with Crippen LogP contribution in [0.5, 0.6) is 0 Å². The number of carbonyl (C=O) groups is 1. The van der Waals surface area contributed by atoms with E-state index in [1.54, 1.807) is 7.11 Å². The number of ether oxygens (including phenoxy) is 3. The molecule has 5 heteroatoms. The average Bonchev–Trinajstić information content (AvgIpc) is 2.30. The Balaban J connectivity index is 2.41. The van der Waals surface area contributed by atoms with E-state index < -0.39 is 0 Å². The van der Waals surface area contributed by atoms with Gasteiger partial charge in [0.2, 0.25) is 0 Å². The van der Waals surface area contributed by atoms with Crippen LogP contribution in [-0.4, -0.2) is 57.6 Å². The summed E-state index contributed by atoms with van der Waals surface area (Å²) in [5, 5.41) is 0. The summed E-state index contributed by atoms with van der Waals surface area (Å²) < 4.78 is 15.3. The van der Waals surface area contributed by atoms with Crippen LogP contribution < -0.4 is 0 Å². The molecule has 2 atom stereocenters. The van der Waals surface area contributed by atoms with Crippen molar-refractivity contribution in [1.82, 2.24) is 4.90 Å². The van der Waals surface area contributed by atoms with Gasteiger partial charge in [-0.05, 0) is 20.0 Å². The van der Waals surface area contributed by atoms with Crippen molar-refractivity contribution in [3.8, 4) is 0 Å². The van der Waals surface area contributed by atoms with Crippen LogP contribution in [0.15, 0.2) is 12.2 Å². The van der Waals surface area contributed by atoms with Crippen LogP contribution in [0.1, 0.15) is 13.3 Å². The first kappa shape index (κ1) is 15.1. The lowest BCUT2D eigenvalue weighted by atomic mass is 9.93. The van der Waals surface area contributed by atoms with Gasteiger partial charge in [0.15, 0.2) is 0 Å². The molecule has 0 aromatic rings. The molecule has 0 amide bonds. The van der Waals surface area contributed by atoms with Gasteiger partial charge in [0.05, 0.1) is 6.61 Å². The quantitative estimate of drug-likeness (QED) is 0.308. The van der Waals surface area contributed by atoms with Gasteiger partial charge < -0.3 is 19.1 Å². The fourth-order valence-corrected chi connectivity index (χ4v) is 2.08. The van der Waals surface area contributed by atoms with E-state index in [1.165, 1.54) is 6.92 Å². The van der Waals surface area contributed by atoms with Crippen molar-refractivity contribution in [3.05, 3.63) is 12.2 Å². The van der Waals surface area contributed by atoms with Crippen LogP contribution in [-0.2, 0) is 19.0 Å². The minimum absolute atomic E-state index is 0.0556. The number of nitrogens with zero attached hydrogens (tertiary/aromatic N) is 1. The van der Waals surface area contributed by atoms with Gasteiger partial charge in [0, 0.05) is 26.5 Å². The lowest BCUT2D eigenvalue weighted by Crippen LogP contribution is -2.43. The first-order valence-electron chi connectivity index (χ1n) is 6.22. The van der Waals surface area contributed by atoms with Crippen LogP contribution in [0.4, 0.5) is 0 Å². The third kappa shape index (κ3) is 5.62. The maximum atomic E-state index is 11.1. The molecule has 1 fully saturated rings. The van der Waals surface area contributed by atoms with Crippen LogP contribution >= 0.6 is 0 Å². The molecule has 1 aliphatic rings. The van der Waals surface area contributed by atoms with E-state index in [-0.39, 0.29) is 18.0 Å². The molecule has 5 nitrogen and oxygen atoms in total. The van der Waals surface area contributed by atoms with E-state index in [4.69, 9.17) is 14.2 Å². The molecule has 0 saturated carbocycles. The van der Waals surface area contributed by atoms with E-state index in [2.05, 4.69) is 11.0 Å². The monoisotopic (exact) mass is 257 g/mol. The fourth-order valence-electron chi connectivity index (χ4n) is 2.08. The summed E-state index contributed by atoms with van der Waals surface area (Å²) in [6.07, 6.45) is 4.98. The zero-order valence-electron chi connectivity index (χ0n) is 11.4. The van der Waals surface area contributed by atoms with Crippen molar-refractivity contribution in [1.29, 1.82) is 0 Å². The maximum Gasteiger partial charge on any atom is 0.302 e. The van der Waals surface area contributed by atoms with Gasteiger partial charge in [-0.3, -0.25) is 4.79 Å². The number of hydrogen-bond acceptors (Lipinski definition) is 5. The van der Waals surface area contributed by atoms with Crippen molar-refractivity contribution in [2.45, 2.75) is 19.4 Å². The molecule has 0 N–H and O–H groups in total. The molecule has 1 aliphatic heterocycles. The zero-order chi connectivity index (χ0) is 13.4. The predicted octanol–water partition coefficient (Wildman–Crippen LogP) is 1.05. The smallest absolute Gasteiger partial charge is 0.302 e. The van der Waals surface area contributed by atoms with Gasteiger partial charge in [-0.15, -0.1) is 0 Å². The number of likely N-dealkylation sites (N-methyl/N-ethyl adjacent to an activating group) is 1. The van der Waals surface area contributed by atoms with Gasteiger partial charge in [0.25, 0.3) is 0 Å². The van der Waals surface area contributed by atoms with Crippen molar-refractivity contribution < 1.29 is 19.0 Å². The van der Waals surface area contributed by atoms with E-state index in [1.807, 2.05) is 13.1 Å². The Kier molecular flexibility index (Phi) is 6.93. The van der Waals surface area contributed by atoms with Gasteiger partial charge in [0.1, 0.15) is 12.9 Å². The minimum atomic E-state index is -0.218. The molecule has 104 valence electrons. The van der Waals surface area contributed by atoms with Gasteiger partial charge in [-0.25, -0.2) is 0 Å². The first-order valence-corrected chi connectivity index (χ1v) is 6.22. The Hall–Kier alpha value is -0.910. The third-order valence-corrected chi connectivity index (χ3v) is 2.93. The predicted molar refractivity (Wildman–Crippen MR) is 68.1 cm³/mol. The second-order valence-electron chi connectivity index (χ2n) is 4.57. The molecule has 1 saturated heterocycles. The van der Waals surface area contributed by atoms with Gasteiger partial charge in [-0.1, -0.05) is 12.2 Å². The molecule has 0 aromatic heterocycles. The number of methoxy groups -OCH3 is 1. The van der Waals surface area contributed by atoms with Crippen LogP contribution in [0, 0.1) is 5.92 Å². The molecule has 0 bridgehead atoms. The minimum Gasteiger partial charge on any atom is -0.461 e. The summed E-state index contributed by atoms with van der Waals surface area (Å²) in [5.41, 5.74) is 0. The van der Waals surface area contributed by atoms with E-state index in [0.717, 1.165) is 19.5 Å². The van der Waals surface area contributed by atoms with Crippen molar-refractivity contribution in [2.75, 3.05) is 40.6 Å². The summed E-state index contributed by atoms with van der Waals surface area (Å²) in [6.45, 7) is 4.08. The van der Waals surface area contributed by atoms with Crippen LogP contribution in [0.3, 0.4) is 0 Å². The normalized spacial score (nSPS) is 25.5. The van der Waals surface area contributed by atoms with Crippen molar-refractivity contribution in [2.24, 2.45) is 5.92 Å². The van der Waals surface area contributed by atoms with E-state index >= 15 is 0 Å². The highest BCUT2D eigenvalue weighted by atomic mass is 16.7. The van der Waals surface area contributed by atoms with Crippen LogP contribution in [0.25, 0.3) is 0 Å². The summed E-state index contributed by atoms with van der Waals surface area (Å²) in [7, 11) is 3.63. The Bertz CT molecular complexity index is 280. The SMILES string of the molecule is COCOCC=CC1CCN(C)CC1OC(C)=O. The highest BCUT2D eigenvalue weighted by Crippen LogP contribution is 2.21. The van der Waals surface area contributed by atoms with Crippen LogP contribution in [0.2, 0.25) is 0 Å². The fraction of sp³-hybridized carbons (Fsp3) is 0.769. The molecule has 0 spiro atoms. The van der Waals surface area contributed by atoms with Crippen molar-refractivity contribution in [3.63, 3.8) is 0 Å². The number of hydrogen-bond donors (Lipinski definition) is 0. The summed E-state index contributed by atoms with van der Waals surface area (Å²) in [4.78, 5) is 13.3. The standard InChI is InChI=1S/C13H23NO4/c1-11(15)18-13-9-14(2)7-6-12(13)5-4-8-17-10-16-3/h4-5,12-13H,6-10H2,1-3H3. The molecule has 18 heavy (non-hydrogen) atoms. The number of likely N-dealkylation sites (tertiary alicyclic amines) is 1. The lowest BCUT2D eigenvalue weighted by Gasteiger charge is -2.34. The zero-order valence-corrected chi connectivity index (χ0v) is 11.4. The molecule has 1 rings (SSSR count). The molecule has 0 radical (unpaired) electrons. The Morgan fingerprint density at radius 3 is 2.94 bits per heavy atom. The second-order valence-corrected chi connectivity index (χ2v) is 4.57. The van der Waals surface area contributed by atoms with Gasteiger partial charge in [-0.2, -0.15) is 0 Å². The van der Waals surface area contributed by atoms with E-state index in [0.29, 0.717) is 13.4 Å². The summed E-state index contributed by atoms with van der Waals surface area (Å²) in [5.74, 6) is 0.0561.